The van der Waals surface area contributed by atoms with Crippen molar-refractivity contribution < 1.29 is 42.2 Å². The van der Waals surface area contributed by atoms with E-state index in [9.17, 15) is 4.79 Å². The van der Waals surface area contributed by atoms with Crippen LogP contribution in [0, 0.1) is 6.07 Å². The summed E-state index contributed by atoms with van der Waals surface area (Å²) in [6.45, 7) is 6.49. The van der Waals surface area contributed by atoms with Gasteiger partial charge in [-0.2, -0.15) is 30.3 Å². The van der Waals surface area contributed by atoms with Crippen LogP contribution in [0.25, 0.3) is 6.15 Å². The number of piperidine rings is 1. The van der Waals surface area contributed by atoms with Crippen LogP contribution in [0.15, 0.2) is 24.3 Å². The van der Waals surface area contributed by atoms with Crippen LogP contribution >= 0.6 is 0 Å². The molecule has 1 fully saturated rings. The second kappa shape index (κ2) is 8.87. The van der Waals surface area contributed by atoms with Gasteiger partial charge in [-0.25, -0.2) is 4.79 Å². The van der Waals surface area contributed by atoms with Gasteiger partial charge in [0.25, 0.3) is 0 Å². The minimum absolute atomic E-state index is 0. The molecule has 115 valence electrons. The number of ether oxygens (including phenoxy) is 1. The third-order valence-corrected chi connectivity index (χ3v) is 3.26. The molecule has 0 bridgehead atoms. The first kappa shape index (κ1) is 20.6. The van der Waals surface area contributed by atoms with E-state index in [2.05, 4.69) is 6.07 Å². The quantitative estimate of drug-likeness (QED) is 0.680. The molecule has 0 saturated carbocycles. The monoisotopic (exact) mass is 365 g/mol. The smallest absolute Gasteiger partial charge is 0.410 e. The molecular formula is C16H24N2O2Y-2. The van der Waals surface area contributed by atoms with Crippen LogP contribution in [0.2, 0.25) is 0 Å². The van der Waals surface area contributed by atoms with E-state index in [-0.39, 0.29) is 51.0 Å². The van der Waals surface area contributed by atoms with E-state index >= 15 is 0 Å². The Morgan fingerprint density at radius 1 is 1.29 bits per heavy atom. The number of hydrogen-bond donors (Lipinski definition) is 0. The number of hydrogen-bond acceptors (Lipinski definition) is 2. The van der Waals surface area contributed by atoms with E-state index < -0.39 is 5.60 Å². The van der Waals surface area contributed by atoms with Gasteiger partial charge in [0.15, 0.2) is 0 Å². The van der Waals surface area contributed by atoms with Gasteiger partial charge in [-0.3, -0.25) is 0 Å². The van der Waals surface area contributed by atoms with Crippen molar-refractivity contribution in [3.05, 3.63) is 42.0 Å². The Morgan fingerprint density at radius 3 is 2.48 bits per heavy atom. The van der Waals surface area contributed by atoms with E-state index in [0.29, 0.717) is 0 Å². The summed E-state index contributed by atoms with van der Waals surface area (Å²) in [4.78, 5) is 14.2. The number of rotatable bonds is 1. The minimum Gasteiger partial charge on any atom is -0.693 e. The Bertz CT molecular complexity index is 432. The zero-order chi connectivity index (χ0) is 13.9. The molecule has 0 spiro atoms. The molecule has 2 N–H and O–H groups in total. The number of carbonyl (C=O) groups excluding carboxylic acids is 1. The first-order valence-electron chi connectivity index (χ1n) is 6.93. The fourth-order valence-corrected chi connectivity index (χ4v) is 2.44. The topological polar surface area (TPSA) is 63.0 Å². The normalized spacial score (nSPS) is 18.2. The fourth-order valence-electron chi connectivity index (χ4n) is 2.44. The van der Waals surface area contributed by atoms with Gasteiger partial charge in [0.2, 0.25) is 0 Å². The molecule has 2 rings (SSSR count). The Morgan fingerprint density at radius 2 is 1.90 bits per heavy atom. The molecule has 1 amide bonds. The van der Waals surface area contributed by atoms with Crippen molar-refractivity contribution in [3.8, 4) is 0 Å². The second-order valence-corrected chi connectivity index (χ2v) is 6.02. The third-order valence-electron chi connectivity index (χ3n) is 3.26. The number of benzene rings is 1. The number of nitrogens with zero attached hydrogens (tertiary/aromatic N) is 1. The van der Waals surface area contributed by atoms with Crippen molar-refractivity contribution in [1.82, 2.24) is 4.90 Å². The molecule has 1 aromatic rings. The summed E-state index contributed by atoms with van der Waals surface area (Å²) in [5.41, 5.74) is 0.730. The van der Waals surface area contributed by atoms with Crippen molar-refractivity contribution in [1.29, 1.82) is 0 Å². The Labute approximate surface area is 153 Å². The maximum Gasteiger partial charge on any atom is 0.410 e. The van der Waals surface area contributed by atoms with Gasteiger partial charge in [0, 0.05) is 45.3 Å². The molecule has 1 saturated heterocycles. The molecule has 0 aliphatic carbocycles. The first-order valence-corrected chi connectivity index (χ1v) is 6.93. The van der Waals surface area contributed by atoms with Gasteiger partial charge < -0.3 is 15.8 Å². The van der Waals surface area contributed by atoms with Crippen LogP contribution in [0.3, 0.4) is 0 Å². The molecule has 1 aliphatic rings. The Balaban J connectivity index is 0.00000200. The second-order valence-electron chi connectivity index (χ2n) is 6.02. The molecule has 4 nitrogen and oxygen atoms in total. The van der Waals surface area contributed by atoms with E-state index in [0.717, 1.165) is 25.8 Å². The average molecular weight is 365 g/mol. The predicted octanol–water partition coefficient (Wildman–Crippen LogP) is 4.66. The van der Waals surface area contributed by atoms with E-state index in [1.807, 2.05) is 49.9 Å². The summed E-state index contributed by atoms with van der Waals surface area (Å²) in [7, 11) is 0. The Kier molecular flexibility index (Phi) is 8.68. The summed E-state index contributed by atoms with van der Waals surface area (Å²) in [5, 5.41) is 0. The molecule has 0 aromatic heterocycles. The molecule has 1 unspecified atom stereocenters. The van der Waals surface area contributed by atoms with Gasteiger partial charge >= 0.3 is 6.09 Å². The molecule has 5 heteroatoms. The van der Waals surface area contributed by atoms with E-state index in [1.54, 1.807) is 0 Å². The Hall–Kier alpha value is -0.446. The zero-order valence-corrected chi connectivity index (χ0v) is 16.0. The van der Waals surface area contributed by atoms with Gasteiger partial charge in [0.05, 0.1) is 0 Å². The van der Waals surface area contributed by atoms with Crippen LogP contribution in [-0.2, 0) is 37.4 Å². The molecule has 1 heterocycles. The van der Waals surface area contributed by atoms with Crippen LogP contribution in [-0.4, -0.2) is 23.1 Å². The minimum atomic E-state index is -0.441. The standard InChI is InChI=1S/C16H22NO2.H2N.Y/c1-16(2,3)19-15(18)17-12-8-7-11-14(17)13-9-5-4-6-10-13;;/h5-6,9-10,14H,7-8,11-12H2,1-3H3;1H2;/q2*-1;. The van der Waals surface area contributed by atoms with Crippen molar-refractivity contribution in [2.24, 2.45) is 0 Å². The molecule has 21 heavy (non-hydrogen) atoms. The van der Waals surface area contributed by atoms with Gasteiger partial charge in [-0.1, -0.05) is 0 Å². The van der Waals surface area contributed by atoms with Gasteiger partial charge in [-0.05, 0) is 40.0 Å². The third kappa shape index (κ3) is 6.05. The first-order chi connectivity index (χ1) is 8.97. The molecule has 1 aliphatic heterocycles. The van der Waals surface area contributed by atoms with Crippen LogP contribution in [0.1, 0.15) is 51.6 Å². The van der Waals surface area contributed by atoms with Crippen molar-refractivity contribution in [3.63, 3.8) is 0 Å². The van der Waals surface area contributed by atoms with E-state index in [4.69, 9.17) is 4.74 Å². The maximum absolute atomic E-state index is 12.3. The number of amides is 1. The van der Waals surface area contributed by atoms with Crippen molar-refractivity contribution >= 4 is 6.09 Å². The number of carbonyl (C=O) groups is 1. The number of nitrogens with two attached hydrogens (primary N) is 1. The zero-order valence-electron chi connectivity index (χ0n) is 13.1. The predicted molar refractivity (Wildman–Crippen MR) is 80.1 cm³/mol. The van der Waals surface area contributed by atoms with Crippen molar-refractivity contribution in [2.75, 3.05) is 6.54 Å². The summed E-state index contributed by atoms with van der Waals surface area (Å²) in [6, 6.07) is 11.0. The molecule has 1 radical (unpaired) electrons. The van der Waals surface area contributed by atoms with Gasteiger partial charge in [-0.15, -0.1) is 5.56 Å². The number of likely N-dealkylation sites (tertiary alicyclic amines) is 1. The summed E-state index contributed by atoms with van der Waals surface area (Å²) in [6.07, 6.45) is 3.01. The van der Waals surface area contributed by atoms with Crippen LogP contribution in [0.4, 0.5) is 4.79 Å². The van der Waals surface area contributed by atoms with Crippen molar-refractivity contribution in [2.45, 2.75) is 51.7 Å². The molecular weight excluding hydrogens is 341 g/mol. The summed E-state index contributed by atoms with van der Waals surface area (Å²) < 4.78 is 5.51. The maximum atomic E-state index is 12.3. The molecule has 1 aromatic carbocycles. The van der Waals surface area contributed by atoms with Crippen LogP contribution < -0.4 is 0 Å². The fraction of sp³-hybridized carbons (Fsp3) is 0.562. The largest absolute Gasteiger partial charge is 0.693 e. The van der Waals surface area contributed by atoms with Crippen LogP contribution in [0.5, 0.6) is 0 Å². The summed E-state index contributed by atoms with van der Waals surface area (Å²) >= 11 is 0. The average Bonchev–Trinajstić information content (AvgIpc) is 2.38. The summed E-state index contributed by atoms with van der Waals surface area (Å²) in [5.74, 6) is 0. The van der Waals surface area contributed by atoms with Gasteiger partial charge in [0.1, 0.15) is 5.60 Å². The molecule has 1 atom stereocenters. The SMILES string of the molecule is CC(C)(C)OC(=O)N1CCCCC1c1cc[c-]cc1.[NH2-].[Y]. The van der Waals surface area contributed by atoms with E-state index in [1.165, 1.54) is 5.56 Å².